The number of hydrogen-bond donors (Lipinski definition) is 2. The first-order chi connectivity index (χ1) is 8.63. The SMILES string of the molecule is C[C@H](N)c1ccc(N(CCO)C2CCC2)c(Cl)c1. The van der Waals surface area contributed by atoms with Crippen LogP contribution in [0.15, 0.2) is 18.2 Å². The summed E-state index contributed by atoms with van der Waals surface area (Å²) in [6, 6.07) is 6.50. The van der Waals surface area contributed by atoms with Gasteiger partial charge >= 0.3 is 0 Å². The Morgan fingerprint density at radius 1 is 1.50 bits per heavy atom. The molecule has 1 aliphatic carbocycles. The van der Waals surface area contributed by atoms with Gasteiger partial charge in [-0.25, -0.2) is 0 Å². The zero-order chi connectivity index (χ0) is 13.1. The van der Waals surface area contributed by atoms with E-state index in [1.165, 1.54) is 19.3 Å². The smallest absolute Gasteiger partial charge is 0.0643 e. The van der Waals surface area contributed by atoms with Crippen LogP contribution in [0, 0.1) is 0 Å². The number of benzene rings is 1. The molecule has 3 nitrogen and oxygen atoms in total. The van der Waals surface area contributed by atoms with Gasteiger partial charge in [0.15, 0.2) is 0 Å². The van der Waals surface area contributed by atoms with Crippen molar-refractivity contribution >= 4 is 17.3 Å². The van der Waals surface area contributed by atoms with E-state index in [-0.39, 0.29) is 12.6 Å². The lowest BCUT2D eigenvalue weighted by molar-refractivity contribution is 0.283. The van der Waals surface area contributed by atoms with Crippen molar-refractivity contribution in [1.82, 2.24) is 0 Å². The highest BCUT2D eigenvalue weighted by molar-refractivity contribution is 6.33. The van der Waals surface area contributed by atoms with Gasteiger partial charge in [0, 0.05) is 18.6 Å². The van der Waals surface area contributed by atoms with Crippen LogP contribution in [-0.4, -0.2) is 24.3 Å². The summed E-state index contributed by atoms with van der Waals surface area (Å²) in [6.45, 7) is 2.74. The highest BCUT2D eigenvalue weighted by Gasteiger charge is 2.26. The molecule has 1 fully saturated rings. The minimum Gasteiger partial charge on any atom is -0.395 e. The van der Waals surface area contributed by atoms with Crippen LogP contribution in [0.2, 0.25) is 5.02 Å². The standard InChI is InChI=1S/C14H21ClN2O/c1-10(16)11-5-6-14(13(15)9-11)17(7-8-18)12-3-2-4-12/h5-6,9-10,12,18H,2-4,7-8,16H2,1H3/t10-/m0/s1. The zero-order valence-corrected chi connectivity index (χ0v) is 11.5. The molecule has 0 aromatic heterocycles. The number of aliphatic hydroxyl groups excluding tert-OH is 1. The number of nitrogens with two attached hydrogens (primary N) is 1. The summed E-state index contributed by atoms with van der Waals surface area (Å²) in [5.41, 5.74) is 7.91. The van der Waals surface area contributed by atoms with Crippen LogP contribution in [0.4, 0.5) is 5.69 Å². The van der Waals surface area contributed by atoms with Gasteiger partial charge in [-0.15, -0.1) is 0 Å². The number of rotatable bonds is 5. The molecule has 0 heterocycles. The van der Waals surface area contributed by atoms with Gasteiger partial charge in [0.2, 0.25) is 0 Å². The van der Waals surface area contributed by atoms with Gasteiger partial charge < -0.3 is 15.7 Å². The Morgan fingerprint density at radius 2 is 2.22 bits per heavy atom. The summed E-state index contributed by atoms with van der Waals surface area (Å²) in [4.78, 5) is 2.22. The topological polar surface area (TPSA) is 49.5 Å². The Bertz CT molecular complexity index is 405. The minimum absolute atomic E-state index is 0.00783. The molecule has 0 bridgehead atoms. The molecule has 4 heteroatoms. The molecule has 0 radical (unpaired) electrons. The van der Waals surface area contributed by atoms with Crippen molar-refractivity contribution in [2.45, 2.75) is 38.3 Å². The summed E-state index contributed by atoms with van der Waals surface area (Å²) in [7, 11) is 0. The molecule has 0 unspecified atom stereocenters. The van der Waals surface area contributed by atoms with E-state index in [1.807, 2.05) is 25.1 Å². The predicted molar refractivity (Wildman–Crippen MR) is 76.1 cm³/mol. The Labute approximate surface area is 114 Å². The molecular weight excluding hydrogens is 248 g/mol. The van der Waals surface area contributed by atoms with E-state index in [0.717, 1.165) is 16.3 Å². The number of aliphatic hydroxyl groups is 1. The van der Waals surface area contributed by atoms with Crippen LogP contribution < -0.4 is 10.6 Å². The van der Waals surface area contributed by atoms with Crippen LogP contribution in [0.25, 0.3) is 0 Å². The zero-order valence-electron chi connectivity index (χ0n) is 10.8. The van der Waals surface area contributed by atoms with E-state index in [9.17, 15) is 5.11 Å². The molecule has 0 amide bonds. The number of hydrogen-bond acceptors (Lipinski definition) is 3. The van der Waals surface area contributed by atoms with Crippen LogP contribution in [-0.2, 0) is 0 Å². The third-order valence-corrected chi connectivity index (χ3v) is 3.97. The van der Waals surface area contributed by atoms with E-state index >= 15 is 0 Å². The third-order valence-electron chi connectivity index (χ3n) is 3.66. The molecule has 1 aliphatic rings. The maximum atomic E-state index is 9.20. The van der Waals surface area contributed by atoms with Crippen molar-refractivity contribution < 1.29 is 5.11 Å². The van der Waals surface area contributed by atoms with Gasteiger partial charge in [-0.2, -0.15) is 0 Å². The molecular formula is C14H21ClN2O. The van der Waals surface area contributed by atoms with E-state index in [2.05, 4.69) is 4.90 Å². The van der Waals surface area contributed by atoms with Gasteiger partial charge in [0.1, 0.15) is 0 Å². The van der Waals surface area contributed by atoms with Crippen molar-refractivity contribution in [2.24, 2.45) is 5.73 Å². The van der Waals surface area contributed by atoms with Gasteiger partial charge in [0.25, 0.3) is 0 Å². The fourth-order valence-electron chi connectivity index (χ4n) is 2.35. The lowest BCUT2D eigenvalue weighted by Crippen LogP contribution is -2.42. The molecule has 18 heavy (non-hydrogen) atoms. The maximum Gasteiger partial charge on any atom is 0.0643 e. The Kier molecular flexibility index (Phi) is 4.49. The van der Waals surface area contributed by atoms with E-state index in [4.69, 9.17) is 17.3 Å². The fraction of sp³-hybridized carbons (Fsp3) is 0.571. The quantitative estimate of drug-likeness (QED) is 0.863. The van der Waals surface area contributed by atoms with Crippen LogP contribution >= 0.6 is 11.6 Å². The van der Waals surface area contributed by atoms with E-state index in [0.29, 0.717) is 12.6 Å². The fourth-order valence-corrected chi connectivity index (χ4v) is 2.64. The molecule has 0 saturated heterocycles. The third kappa shape index (κ3) is 2.79. The predicted octanol–water partition coefficient (Wildman–Crippen LogP) is 2.71. The average Bonchev–Trinajstić information content (AvgIpc) is 2.26. The van der Waals surface area contributed by atoms with Crippen molar-refractivity contribution in [3.63, 3.8) is 0 Å². The molecule has 1 aromatic carbocycles. The lowest BCUT2D eigenvalue weighted by atomic mass is 9.91. The molecule has 0 spiro atoms. The largest absolute Gasteiger partial charge is 0.395 e. The lowest BCUT2D eigenvalue weighted by Gasteiger charge is -2.39. The van der Waals surface area contributed by atoms with E-state index in [1.54, 1.807) is 0 Å². The second-order valence-electron chi connectivity index (χ2n) is 5.00. The van der Waals surface area contributed by atoms with Crippen molar-refractivity contribution in [3.05, 3.63) is 28.8 Å². The highest BCUT2D eigenvalue weighted by atomic mass is 35.5. The molecule has 0 aliphatic heterocycles. The van der Waals surface area contributed by atoms with Crippen molar-refractivity contribution in [2.75, 3.05) is 18.1 Å². The second kappa shape index (κ2) is 5.91. The maximum absolute atomic E-state index is 9.20. The van der Waals surface area contributed by atoms with Crippen molar-refractivity contribution in [1.29, 1.82) is 0 Å². The first-order valence-electron chi connectivity index (χ1n) is 6.56. The van der Waals surface area contributed by atoms with Gasteiger partial charge in [0.05, 0.1) is 17.3 Å². The van der Waals surface area contributed by atoms with Gasteiger partial charge in [-0.3, -0.25) is 0 Å². The Balaban J connectivity index is 2.23. The van der Waals surface area contributed by atoms with Gasteiger partial charge in [-0.05, 0) is 43.9 Å². The molecule has 1 aromatic rings. The Hall–Kier alpha value is -0.770. The van der Waals surface area contributed by atoms with Gasteiger partial charge in [-0.1, -0.05) is 17.7 Å². The summed E-state index contributed by atoms with van der Waals surface area (Å²) in [5.74, 6) is 0. The van der Waals surface area contributed by atoms with Crippen LogP contribution in [0.3, 0.4) is 0 Å². The summed E-state index contributed by atoms with van der Waals surface area (Å²) in [6.07, 6.45) is 3.64. The molecule has 2 rings (SSSR count). The first-order valence-corrected chi connectivity index (χ1v) is 6.94. The molecule has 3 N–H and O–H groups in total. The normalized spacial score (nSPS) is 17.3. The highest BCUT2D eigenvalue weighted by Crippen LogP contribution is 2.34. The summed E-state index contributed by atoms with van der Waals surface area (Å²) < 4.78 is 0. The van der Waals surface area contributed by atoms with Crippen molar-refractivity contribution in [3.8, 4) is 0 Å². The monoisotopic (exact) mass is 268 g/mol. The molecule has 100 valence electrons. The molecule has 1 atom stereocenters. The van der Waals surface area contributed by atoms with E-state index < -0.39 is 0 Å². The average molecular weight is 269 g/mol. The number of halogens is 1. The summed E-state index contributed by atoms with van der Waals surface area (Å²) in [5, 5.41) is 9.92. The van der Waals surface area contributed by atoms with Crippen LogP contribution in [0.5, 0.6) is 0 Å². The second-order valence-corrected chi connectivity index (χ2v) is 5.41. The van der Waals surface area contributed by atoms with Crippen LogP contribution in [0.1, 0.15) is 37.8 Å². The number of nitrogens with zero attached hydrogens (tertiary/aromatic N) is 1. The minimum atomic E-state index is -0.00783. The molecule has 1 saturated carbocycles. The number of anilines is 1. The first kappa shape index (κ1) is 13.7. The summed E-state index contributed by atoms with van der Waals surface area (Å²) >= 11 is 6.35. The Morgan fingerprint density at radius 3 is 2.67 bits per heavy atom.